The first-order chi connectivity index (χ1) is 9.65. The van der Waals surface area contributed by atoms with E-state index in [9.17, 15) is 0 Å². The molecule has 0 amide bonds. The molecule has 0 saturated carbocycles. The first-order valence-electron chi connectivity index (χ1n) is 7.60. The molecule has 1 aromatic rings. The van der Waals surface area contributed by atoms with Crippen LogP contribution in [0.15, 0.2) is 9.52 Å². The first-order valence-corrected chi connectivity index (χ1v) is 7.60. The zero-order valence-electron chi connectivity index (χ0n) is 13.4. The van der Waals surface area contributed by atoms with Gasteiger partial charge in [-0.15, -0.1) is 24.0 Å². The molecule has 1 rings (SSSR count). The van der Waals surface area contributed by atoms with Crippen LogP contribution in [0.4, 0.5) is 0 Å². The fourth-order valence-electron chi connectivity index (χ4n) is 2.14. The fraction of sp³-hybridized carbons (Fsp3) is 0.733. The van der Waals surface area contributed by atoms with Crippen LogP contribution in [0.3, 0.4) is 0 Å². The summed E-state index contributed by atoms with van der Waals surface area (Å²) < 4.78 is 5.14. The lowest BCUT2D eigenvalue weighted by atomic mass is 10.1. The van der Waals surface area contributed by atoms with Crippen molar-refractivity contribution in [3.8, 4) is 0 Å². The smallest absolute Gasteiger partial charge is 0.188 e. The third kappa shape index (κ3) is 8.28. The maximum absolute atomic E-state index is 5.82. The molecule has 0 bridgehead atoms. The highest BCUT2D eigenvalue weighted by Crippen LogP contribution is 2.14. The quantitative estimate of drug-likeness (QED) is 0.285. The van der Waals surface area contributed by atoms with E-state index in [1.807, 2.05) is 13.8 Å². The number of halogens is 1. The number of aryl methyl sites for hydroxylation is 2. The lowest BCUT2D eigenvalue weighted by molar-refractivity contribution is 0.392. The minimum Gasteiger partial charge on any atom is -0.370 e. The molecule has 21 heavy (non-hydrogen) atoms. The number of hydrogen-bond acceptors (Lipinski definition) is 3. The molecule has 3 N–H and O–H groups in total. The van der Waals surface area contributed by atoms with Gasteiger partial charge in [0, 0.05) is 18.7 Å². The number of aromatic nitrogens is 1. The Balaban J connectivity index is 0.00000400. The highest BCUT2D eigenvalue weighted by molar-refractivity contribution is 14.0. The van der Waals surface area contributed by atoms with Crippen LogP contribution in [0.2, 0.25) is 0 Å². The van der Waals surface area contributed by atoms with Crippen LogP contribution >= 0.6 is 24.0 Å². The molecule has 5 nitrogen and oxygen atoms in total. The third-order valence-electron chi connectivity index (χ3n) is 3.38. The van der Waals surface area contributed by atoms with Crippen molar-refractivity contribution in [3.05, 3.63) is 17.0 Å². The molecule has 0 unspecified atom stereocenters. The molecule has 0 radical (unpaired) electrons. The van der Waals surface area contributed by atoms with Crippen LogP contribution < -0.4 is 11.1 Å². The Labute approximate surface area is 145 Å². The number of nitrogens with one attached hydrogen (secondary N) is 1. The number of aliphatic imine (C=N–C) groups is 1. The maximum Gasteiger partial charge on any atom is 0.188 e. The molecule has 0 atom stereocenters. The van der Waals surface area contributed by atoms with E-state index in [1.54, 1.807) is 0 Å². The van der Waals surface area contributed by atoms with Crippen LogP contribution in [-0.2, 0) is 6.42 Å². The van der Waals surface area contributed by atoms with Crippen molar-refractivity contribution in [2.75, 3.05) is 13.1 Å². The summed E-state index contributed by atoms with van der Waals surface area (Å²) in [6.45, 7) is 7.78. The number of unbranched alkanes of at least 4 members (excludes halogenated alkanes) is 3. The van der Waals surface area contributed by atoms with Crippen molar-refractivity contribution >= 4 is 29.9 Å². The molecular weight excluding hydrogens is 379 g/mol. The van der Waals surface area contributed by atoms with E-state index in [0.29, 0.717) is 5.96 Å². The summed E-state index contributed by atoms with van der Waals surface area (Å²) in [5, 5.41) is 7.10. The summed E-state index contributed by atoms with van der Waals surface area (Å²) in [6, 6.07) is 0. The van der Waals surface area contributed by atoms with Gasteiger partial charge in [0.2, 0.25) is 0 Å². The second-order valence-corrected chi connectivity index (χ2v) is 5.16. The minimum absolute atomic E-state index is 0. The van der Waals surface area contributed by atoms with Gasteiger partial charge in [0.25, 0.3) is 0 Å². The van der Waals surface area contributed by atoms with Gasteiger partial charge in [-0.1, -0.05) is 31.3 Å². The van der Waals surface area contributed by atoms with Crippen molar-refractivity contribution in [1.29, 1.82) is 0 Å². The molecule has 1 aromatic heterocycles. The average Bonchev–Trinajstić information content (AvgIpc) is 2.74. The number of nitrogens with zero attached hydrogens (tertiary/aromatic N) is 2. The molecule has 6 heteroatoms. The molecule has 0 aromatic carbocycles. The van der Waals surface area contributed by atoms with Crippen molar-refractivity contribution in [2.24, 2.45) is 10.7 Å². The van der Waals surface area contributed by atoms with E-state index in [1.165, 1.54) is 24.8 Å². The van der Waals surface area contributed by atoms with Gasteiger partial charge < -0.3 is 15.6 Å². The highest BCUT2D eigenvalue weighted by Gasteiger charge is 2.07. The molecule has 1 heterocycles. The van der Waals surface area contributed by atoms with Crippen LogP contribution in [0, 0.1) is 13.8 Å². The Hall–Kier alpha value is -0.790. The average molecular weight is 408 g/mol. The lowest BCUT2D eigenvalue weighted by Gasteiger charge is -2.05. The van der Waals surface area contributed by atoms with Gasteiger partial charge in [0.05, 0.1) is 5.69 Å². The van der Waals surface area contributed by atoms with E-state index >= 15 is 0 Å². The van der Waals surface area contributed by atoms with E-state index in [0.717, 1.165) is 43.8 Å². The normalized spacial score (nSPS) is 11.3. The predicted molar refractivity (Wildman–Crippen MR) is 98.3 cm³/mol. The van der Waals surface area contributed by atoms with Gasteiger partial charge >= 0.3 is 0 Å². The molecule has 0 aliphatic heterocycles. The Kier molecular flexibility index (Phi) is 11.4. The fourth-order valence-corrected chi connectivity index (χ4v) is 2.14. The first kappa shape index (κ1) is 20.2. The maximum atomic E-state index is 5.82. The Morgan fingerprint density at radius 1 is 1.24 bits per heavy atom. The van der Waals surface area contributed by atoms with Gasteiger partial charge in [-0.3, -0.25) is 4.99 Å². The van der Waals surface area contributed by atoms with Crippen molar-refractivity contribution in [1.82, 2.24) is 10.5 Å². The van der Waals surface area contributed by atoms with Crippen LogP contribution in [0.5, 0.6) is 0 Å². The molecule has 0 saturated heterocycles. The summed E-state index contributed by atoms with van der Waals surface area (Å²) in [5.74, 6) is 1.47. The van der Waals surface area contributed by atoms with Gasteiger partial charge in [-0.05, 0) is 33.1 Å². The van der Waals surface area contributed by atoms with E-state index in [2.05, 4.69) is 22.4 Å². The summed E-state index contributed by atoms with van der Waals surface area (Å²) in [4.78, 5) is 4.33. The minimum atomic E-state index is 0. The topological polar surface area (TPSA) is 76.4 Å². The number of rotatable bonds is 9. The second kappa shape index (κ2) is 11.8. The third-order valence-corrected chi connectivity index (χ3v) is 3.38. The van der Waals surface area contributed by atoms with Crippen LogP contribution in [-0.4, -0.2) is 24.2 Å². The molecule has 0 spiro atoms. The standard InChI is InChI=1S/C15H28N4O.HI/c1-4-5-6-7-10-17-15(16)18-11-8-9-14-12(2)19-20-13(14)3;/h4-11H2,1-3H3,(H3,16,17,18);1H. The van der Waals surface area contributed by atoms with Crippen molar-refractivity contribution < 1.29 is 4.52 Å². The molecule has 122 valence electrons. The number of hydrogen-bond donors (Lipinski definition) is 2. The molecule has 0 aliphatic carbocycles. The highest BCUT2D eigenvalue weighted by atomic mass is 127. The van der Waals surface area contributed by atoms with E-state index in [-0.39, 0.29) is 24.0 Å². The Morgan fingerprint density at radius 2 is 2.00 bits per heavy atom. The van der Waals surface area contributed by atoms with Crippen molar-refractivity contribution in [3.63, 3.8) is 0 Å². The Morgan fingerprint density at radius 3 is 2.62 bits per heavy atom. The van der Waals surface area contributed by atoms with Gasteiger partial charge in [0.1, 0.15) is 5.76 Å². The van der Waals surface area contributed by atoms with Crippen LogP contribution in [0.1, 0.15) is 56.0 Å². The second-order valence-electron chi connectivity index (χ2n) is 5.16. The summed E-state index contributed by atoms with van der Waals surface area (Å²) >= 11 is 0. The summed E-state index contributed by atoms with van der Waals surface area (Å²) in [6.07, 6.45) is 6.85. The number of nitrogens with two attached hydrogens (primary N) is 1. The van der Waals surface area contributed by atoms with Gasteiger partial charge in [-0.25, -0.2) is 0 Å². The van der Waals surface area contributed by atoms with E-state index < -0.39 is 0 Å². The summed E-state index contributed by atoms with van der Waals surface area (Å²) in [5.41, 5.74) is 8.00. The summed E-state index contributed by atoms with van der Waals surface area (Å²) in [7, 11) is 0. The SMILES string of the molecule is CCCCCCNC(N)=NCCCc1c(C)noc1C.I. The molecule has 0 fully saturated rings. The Bertz CT molecular complexity index is 398. The van der Waals surface area contributed by atoms with E-state index in [4.69, 9.17) is 10.3 Å². The molecule has 0 aliphatic rings. The zero-order chi connectivity index (χ0) is 14.8. The van der Waals surface area contributed by atoms with Gasteiger partial charge in [0.15, 0.2) is 5.96 Å². The van der Waals surface area contributed by atoms with Crippen molar-refractivity contribution in [2.45, 2.75) is 59.3 Å². The number of guanidine groups is 1. The monoisotopic (exact) mass is 408 g/mol. The van der Waals surface area contributed by atoms with Gasteiger partial charge in [-0.2, -0.15) is 0 Å². The zero-order valence-corrected chi connectivity index (χ0v) is 15.8. The molecular formula is C15H29IN4O. The van der Waals surface area contributed by atoms with Crippen LogP contribution in [0.25, 0.3) is 0 Å². The predicted octanol–water partition coefficient (Wildman–Crippen LogP) is 3.33. The lowest BCUT2D eigenvalue weighted by Crippen LogP contribution is -2.32. The largest absolute Gasteiger partial charge is 0.370 e.